The molecular formula is C13H17N3O5. The van der Waals surface area contributed by atoms with Gasteiger partial charge in [0, 0.05) is 31.1 Å². The van der Waals surface area contributed by atoms with E-state index in [9.17, 15) is 19.7 Å². The lowest BCUT2D eigenvalue weighted by Crippen LogP contribution is -2.40. The number of carbonyl (C=O) groups excluding carboxylic acids is 1. The molecule has 0 saturated carbocycles. The largest absolute Gasteiger partial charge is 0.481 e. The maximum atomic E-state index is 11.6. The number of hydrogen-bond donors (Lipinski definition) is 3. The average Bonchev–Trinajstić information content (AvgIpc) is 2.43. The molecule has 1 unspecified atom stereocenters. The maximum absolute atomic E-state index is 11.6. The molecule has 8 nitrogen and oxygen atoms in total. The Morgan fingerprint density at radius 1 is 1.33 bits per heavy atom. The number of amides is 2. The van der Waals surface area contributed by atoms with Gasteiger partial charge in [0.1, 0.15) is 0 Å². The molecule has 3 N–H and O–H groups in total. The lowest BCUT2D eigenvalue weighted by molar-refractivity contribution is -0.384. The van der Waals surface area contributed by atoms with Gasteiger partial charge in [-0.15, -0.1) is 0 Å². The normalized spacial score (nSPS) is 11.5. The first kappa shape index (κ1) is 16.4. The van der Waals surface area contributed by atoms with E-state index in [1.165, 1.54) is 12.1 Å². The van der Waals surface area contributed by atoms with Gasteiger partial charge in [0.2, 0.25) is 0 Å². The molecule has 0 aliphatic heterocycles. The molecule has 0 radical (unpaired) electrons. The van der Waals surface area contributed by atoms with Crippen LogP contribution in [0.1, 0.15) is 25.3 Å². The molecule has 1 atom stereocenters. The standard InChI is InChI=1S/C13H17N3O5/c1-9(2-7-12(17)18)15-13(19)14-8-10-3-5-11(6-4-10)16(20)21/h3-6,9H,2,7-8H2,1H3,(H,17,18)(H2,14,15,19). The number of nitrogens with zero attached hydrogens (tertiary/aromatic N) is 1. The number of non-ortho nitro benzene ring substituents is 1. The van der Waals surface area contributed by atoms with Crippen LogP contribution in [0.25, 0.3) is 0 Å². The van der Waals surface area contributed by atoms with Crippen molar-refractivity contribution >= 4 is 17.7 Å². The minimum Gasteiger partial charge on any atom is -0.481 e. The summed E-state index contributed by atoms with van der Waals surface area (Å²) in [6.07, 6.45) is 0.337. The summed E-state index contributed by atoms with van der Waals surface area (Å²) in [4.78, 5) is 32.0. The second-order valence-corrected chi connectivity index (χ2v) is 4.58. The molecule has 0 saturated heterocycles. The summed E-state index contributed by atoms with van der Waals surface area (Å²) in [7, 11) is 0. The Morgan fingerprint density at radius 3 is 2.48 bits per heavy atom. The van der Waals surface area contributed by atoms with E-state index in [-0.39, 0.29) is 24.7 Å². The maximum Gasteiger partial charge on any atom is 0.315 e. The number of carboxylic acids is 1. The lowest BCUT2D eigenvalue weighted by atomic mass is 10.2. The molecule has 0 bridgehead atoms. The number of benzene rings is 1. The zero-order valence-corrected chi connectivity index (χ0v) is 11.5. The number of nitro groups is 1. The van der Waals surface area contributed by atoms with Crippen molar-refractivity contribution in [1.82, 2.24) is 10.6 Å². The van der Waals surface area contributed by atoms with E-state index >= 15 is 0 Å². The van der Waals surface area contributed by atoms with Crippen LogP contribution >= 0.6 is 0 Å². The predicted molar refractivity (Wildman–Crippen MR) is 74.8 cm³/mol. The first-order valence-electron chi connectivity index (χ1n) is 6.38. The van der Waals surface area contributed by atoms with E-state index in [4.69, 9.17) is 5.11 Å². The summed E-state index contributed by atoms with van der Waals surface area (Å²) in [6.45, 7) is 1.95. The number of rotatable bonds is 7. The number of aliphatic carboxylic acids is 1. The SMILES string of the molecule is CC(CCC(=O)O)NC(=O)NCc1ccc([N+](=O)[O-])cc1. The average molecular weight is 295 g/mol. The van der Waals surface area contributed by atoms with Crippen LogP contribution in [0.15, 0.2) is 24.3 Å². The van der Waals surface area contributed by atoms with Gasteiger partial charge < -0.3 is 15.7 Å². The Hall–Kier alpha value is -2.64. The van der Waals surface area contributed by atoms with Crippen molar-refractivity contribution in [2.24, 2.45) is 0 Å². The number of hydrogen-bond acceptors (Lipinski definition) is 4. The van der Waals surface area contributed by atoms with Crippen molar-refractivity contribution in [3.63, 3.8) is 0 Å². The lowest BCUT2D eigenvalue weighted by Gasteiger charge is -2.13. The number of carbonyl (C=O) groups is 2. The van der Waals surface area contributed by atoms with Gasteiger partial charge in [-0.1, -0.05) is 12.1 Å². The van der Waals surface area contributed by atoms with Crippen molar-refractivity contribution in [3.05, 3.63) is 39.9 Å². The van der Waals surface area contributed by atoms with Gasteiger partial charge in [-0.3, -0.25) is 14.9 Å². The van der Waals surface area contributed by atoms with Crippen LogP contribution in [0.4, 0.5) is 10.5 Å². The molecule has 0 aliphatic rings. The third-order valence-electron chi connectivity index (χ3n) is 2.77. The Labute approximate surface area is 121 Å². The van der Waals surface area contributed by atoms with Crippen LogP contribution in [-0.4, -0.2) is 28.1 Å². The molecule has 21 heavy (non-hydrogen) atoms. The van der Waals surface area contributed by atoms with Crippen LogP contribution in [0, 0.1) is 10.1 Å². The van der Waals surface area contributed by atoms with Gasteiger partial charge in [0.15, 0.2) is 0 Å². The van der Waals surface area contributed by atoms with Gasteiger partial charge >= 0.3 is 12.0 Å². The van der Waals surface area contributed by atoms with E-state index in [1.54, 1.807) is 19.1 Å². The fourth-order valence-electron chi connectivity index (χ4n) is 1.60. The highest BCUT2D eigenvalue weighted by atomic mass is 16.6. The summed E-state index contributed by atoms with van der Waals surface area (Å²) in [5.74, 6) is -0.907. The minimum atomic E-state index is -0.907. The summed E-state index contributed by atoms with van der Waals surface area (Å²) in [5, 5.41) is 24.2. The highest BCUT2D eigenvalue weighted by molar-refractivity contribution is 5.74. The highest BCUT2D eigenvalue weighted by Crippen LogP contribution is 2.11. The molecule has 0 fully saturated rings. The van der Waals surface area contributed by atoms with Crippen LogP contribution in [-0.2, 0) is 11.3 Å². The van der Waals surface area contributed by atoms with Crippen molar-refractivity contribution in [3.8, 4) is 0 Å². The van der Waals surface area contributed by atoms with E-state index in [0.29, 0.717) is 6.42 Å². The van der Waals surface area contributed by atoms with E-state index in [0.717, 1.165) is 5.56 Å². The van der Waals surface area contributed by atoms with Crippen molar-refractivity contribution < 1.29 is 19.6 Å². The highest BCUT2D eigenvalue weighted by Gasteiger charge is 2.09. The Morgan fingerprint density at radius 2 is 1.95 bits per heavy atom. The zero-order chi connectivity index (χ0) is 15.8. The van der Waals surface area contributed by atoms with E-state index < -0.39 is 16.9 Å². The molecule has 0 aromatic heterocycles. The molecule has 114 valence electrons. The zero-order valence-electron chi connectivity index (χ0n) is 11.5. The Balaban J connectivity index is 2.35. The van der Waals surface area contributed by atoms with Crippen molar-refractivity contribution in [1.29, 1.82) is 0 Å². The van der Waals surface area contributed by atoms with Crippen LogP contribution in [0.3, 0.4) is 0 Å². The number of carboxylic acid groups (broad SMARTS) is 1. The third-order valence-corrected chi connectivity index (χ3v) is 2.77. The van der Waals surface area contributed by atoms with Crippen molar-refractivity contribution in [2.75, 3.05) is 0 Å². The van der Waals surface area contributed by atoms with E-state index in [1.807, 2.05) is 0 Å². The summed E-state index contributed by atoms with van der Waals surface area (Å²) < 4.78 is 0. The third kappa shape index (κ3) is 6.37. The van der Waals surface area contributed by atoms with E-state index in [2.05, 4.69) is 10.6 Å². The van der Waals surface area contributed by atoms with Gasteiger partial charge in [-0.2, -0.15) is 0 Å². The van der Waals surface area contributed by atoms with Gasteiger partial charge in [0.25, 0.3) is 5.69 Å². The molecule has 1 aromatic carbocycles. The molecule has 2 amide bonds. The quantitative estimate of drug-likeness (QED) is 0.521. The van der Waals surface area contributed by atoms with Crippen LogP contribution in [0.5, 0.6) is 0 Å². The molecule has 1 rings (SSSR count). The Kier molecular flexibility index (Phi) is 6.12. The summed E-state index contributed by atoms with van der Waals surface area (Å²) >= 11 is 0. The van der Waals surface area contributed by atoms with Gasteiger partial charge in [-0.05, 0) is 18.9 Å². The minimum absolute atomic E-state index is 0.00880. The topological polar surface area (TPSA) is 122 Å². The predicted octanol–water partition coefficient (Wildman–Crippen LogP) is 1.65. The Bertz CT molecular complexity index is 515. The first-order chi connectivity index (χ1) is 9.88. The molecular weight excluding hydrogens is 278 g/mol. The molecule has 1 aromatic rings. The van der Waals surface area contributed by atoms with Gasteiger partial charge in [-0.25, -0.2) is 4.79 Å². The monoisotopic (exact) mass is 295 g/mol. The van der Waals surface area contributed by atoms with Crippen LogP contribution < -0.4 is 10.6 Å². The first-order valence-corrected chi connectivity index (χ1v) is 6.38. The van der Waals surface area contributed by atoms with Crippen LogP contribution in [0.2, 0.25) is 0 Å². The second kappa shape index (κ2) is 7.83. The summed E-state index contributed by atoms with van der Waals surface area (Å²) in [5.41, 5.74) is 0.722. The summed E-state index contributed by atoms with van der Waals surface area (Å²) in [6, 6.07) is 5.19. The second-order valence-electron chi connectivity index (χ2n) is 4.58. The molecule has 8 heteroatoms. The molecule has 0 aliphatic carbocycles. The number of nitro benzene ring substituents is 1. The van der Waals surface area contributed by atoms with Crippen molar-refractivity contribution in [2.45, 2.75) is 32.4 Å². The number of urea groups is 1. The smallest absolute Gasteiger partial charge is 0.315 e. The van der Waals surface area contributed by atoms with Gasteiger partial charge in [0.05, 0.1) is 4.92 Å². The fourth-order valence-corrected chi connectivity index (χ4v) is 1.60. The molecule has 0 heterocycles. The molecule has 0 spiro atoms. The fraction of sp³-hybridized carbons (Fsp3) is 0.385. The number of nitrogens with one attached hydrogen (secondary N) is 2.